The molecule has 18 heavy (non-hydrogen) atoms. The second kappa shape index (κ2) is 4.48. The van der Waals surface area contributed by atoms with E-state index in [1.54, 1.807) is 11.3 Å². The Morgan fingerprint density at radius 2 is 2.11 bits per heavy atom. The maximum absolute atomic E-state index is 12.1. The number of ketones is 1. The Hall–Kier alpha value is -1.19. The van der Waals surface area contributed by atoms with Crippen molar-refractivity contribution in [2.45, 2.75) is 37.6 Å². The van der Waals surface area contributed by atoms with Crippen LogP contribution in [0.2, 0.25) is 0 Å². The van der Waals surface area contributed by atoms with Gasteiger partial charge in [-0.1, -0.05) is 18.2 Å². The molecule has 1 fully saturated rings. The van der Waals surface area contributed by atoms with Crippen LogP contribution in [0, 0.1) is 0 Å². The first kappa shape index (κ1) is 11.9. The smallest absolute Gasteiger partial charge is 0.139 e. The summed E-state index contributed by atoms with van der Waals surface area (Å²) in [5, 5.41) is 3.32. The Morgan fingerprint density at radius 3 is 2.83 bits per heavy atom. The molecule has 0 atom stereocenters. The lowest BCUT2D eigenvalue weighted by Gasteiger charge is -2.37. The number of carbonyl (C=O) groups excluding carboxylic acids is 1. The van der Waals surface area contributed by atoms with E-state index in [1.165, 1.54) is 16.5 Å². The molecule has 2 nitrogen and oxygen atoms in total. The molecule has 1 aliphatic carbocycles. The largest absolute Gasteiger partial charge is 0.325 e. The summed E-state index contributed by atoms with van der Waals surface area (Å²) in [4.78, 5) is 12.1. The topological polar surface area (TPSA) is 43.1 Å². The highest BCUT2D eigenvalue weighted by Gasteiger charge is 2.34. The molecule has 94 valence electrons. The molecular weight excluding hydrogens is 242 g/mol. The van der Waals surface area contributed by atoms with E-state index >= 15 is 0 Å². The van der Waals surface area contributed by atoms with Crippen molar-refractivity contribution in [3.05, 3.63) is 35.2 Å². The molecule has 2 aromatic rings. The SMILES string of the molecule is NC1(CC(=O)Cc2csc3ccccc23)CCC1. The van der Waals surface area contributed by atoms with Gasteiger partial charge < -0.3 is 5.73 Å². The molecular formula is C15H17NOS. The monoisotopic (exact) mass is 259 g/mol. The first-order chi connectivity index (χ1) is 8.66. The van der Waals surface area contributed by atoms with Crippen molar-refractivity contribution in [3.63, 3.8) is 0 Å². The van der Waals surface area contributed by atoms with Crippen LogP contribution in [0.25, 0.3) is 10.1 Å². The molecule has 1 heterocycles. The summed E-state index contributed by atoms with van der Waals surface area (Å²) >= 11 is 1.71. The lowest BCUT2D eigenvalue weighted by atomic mass is 9.74. The van der Waals surface area contributed by atoms with Crippen molar-refractivity contribution in [1.29, 1.82) is 0 Å². The number of nitrogens with two attached hydrogens (primary N) is 1. The minimum atomic E-state index is -0.192. The fourth-order valence-electron chi connectivity index (χ4n) is 2.64. The van der Waals surface area contributed by atoms with Gasteiger partial charge in [0.1, 0.15) is 5.78 Å². The van der Waals surface area contributed by atoms with E-state index in [1.807, 2.05) is 12.1 Å². The predicted octanol–water partition coefficient (Wildman–Crippen LogP) is 3.28. The molecule has 1 aliphatic rings. The van der Waals surface area contributed by atoms with Crippen LogP contribution in [0.5, 0.6) is 0 Å². The highest BCUT2D eigenvalue weighted by molar-refractivity contribution is 7.17. The number of rotatable bonds is 4. The number of fused-ring (bicyclic) bond motifs is 1. The molecule has 0 aliphatic heterocycles. The fraction of sp³-hybridized carbons (Fsp3) is 0.400. The summed E-state index contributed by atoms with van der Waals surface area (Å²) < 4.78 is 1.26. The van der Waals surface area contributed by atoms with Gasteiger partial charge in [-0.15, -0.1) is 11.3 Å². The third-order valence-corrected chi connectivity index (χ3v) is 4.86. The quantitative estimate of drug-likeness (QED) is 0.915. The zero-order chi connectivity index (χ0) is 12.6. The minimum Gasteiger partial charge on any atom is -0.325 e. The highest BCUT2D eigenvalue weighted by Crippen LogP contribution is 2.33. The normalized spacial score (nSPS) is 17.6. The van der Waals surface area contributed by atoms with Crippen LogP contribution in [0.15, 0.2) is 29.6 Å². The molecule has 3 rings (SSSR count). The Bertz CT molecular complexity index is 583. The van der Waals surface area contributed by atoms with Crippen LogP contribution in [0.1, 0.15) is 31.2 Å². The summed E-state index contributed by atoms with van der Waals surface area (Å²) in [7, 11) is 0. The predicted molar refractivity (Wildman–Crippen MR) is 75.9 cm³/mol. The second-order valence-corrected chi connectivity index (χ2v) is 6.28. The van der Waals surface area contributed by atoms with Crippen LogP contribution < -0.4 is 5.73 Å². The van der Waals surface area contributed by atoms with Gasteiger partial charge in [-0.2, -0.15) is 0 Å². The standard InChI is InChI=1S/C15H17NOS/c16-15(6-3-7-15)9-12(17)8-11-10-18-14-5-2-1-4-13(11)14/h1-2,4-5,10H,3,6-9,16H2. The lowest BCUT2D eigenvalue weighted by Crippen LogP contribution is -2.48. The summed E-state index contributed by atoms with van der Waals surface area (Å²) in [5.74, 6) is 0.278. The van der Waals surface area contributed by atoms with Gasteiger partial charge in [0, 0.05) is 23.1 Å². The Labute approximate surface area is 111 Å². The van der Waals surface area contributed by atoms with E-state index in [0.717, 1.165) is 18.4 Å². The molecule has 0 saturated heterocycles. The van der Waals surface area contributed by atoms with Crippen LogP contribution in [0.4, 0.5) is 0 Å². The van der Waals surface area contributed by atoms with Gasteiger partial charge in [-0.25, -0.2) is 0 Å². The van der Waals surface area contributed by atoms with Gasteiger partial charge in [0.25, 0.3) is 0 Å². The summed E-state index contributed by atoms with van der Waals surface area (Å²) in [6.45, 7) is 0. The van der Waals surface area contributed by atoms with Crippen molar-refractivity contribution in [1.82, 2.24) is 0 Å². The van der Waals surface area contributed by atoms with Crippen molar-refractivity contribution in [2.75, 3.05) is 0 Å². The van der Waals surface area contributed by atoms with Crippen LogP contribution in [-0.4, -0.2) is 11.3 Å². The van der Waals surface area contributed by atoms with Gasteiger partial charge in [0.05, 0.1) is 0 Å². The van der Waals surface area contributed by atoms with Crippen molar-refractivity contribution in [2.24, 2.45) is 5.73 Å². The molecule has 1 aromatic carbocycles. The molecule has 3 heteroatoms. The molecule has 0 spiro atoms. The van der Waals surface area contributed by atoms with Gasteiger partial charge in [-0.05, 0) is 41.7 Å². The van der Waals surface area contributed by atoms with E-state index in [-0.39, 0.29) is 11.3 Å². The highest BCUT2D eigenvalue weighted by atomic mass is 32.1. The van der Waals surface area contributed by atoms with E-state index in [2.05, 4.69) is 17.5 Å². The van der Waals surface area contributed by atoms with E-state index in [4.69, 9.17) is 5.73 Å². The number of hydrogen-bond donors (Lipinski definition) is 1. The number of Topliss-reactive ketones (excluding diaryl/α,β-unsaturated/α-hetero) is 1. The van der Waals surface area contributed by atoms with E-state index in [9.17, 15) is 4.79 Å². The number of thiophene rings is 1. The minimum absolute atomic E-state index is 0.192. The van der Waals surface area contributed by atoms with Crippen molar-refractivity contribution >= 4 is 27.2 Å². The maximum atomic E-state index is 12.1. The molecule has 0 bridgehead atoms. The third kappa shape index (κ3) is 2.20. The maximum Gasteiger partial charge on any atom is 0.139 e. The first-order valence-corrected chi connectivity index (χ1v) is 7.30. The Morgan fingerprint density at radius 1 is 1.33 bits per heavy atom. The van der Waals surface area contributed by atoms with Gasteiger partial charge >= 0.3 is 0 Å². The molecule has 0 amide bonds. The molecule has 0 radical (unpaired) electrons. The number of carbonyl (C=O) groups is 1. The van der Waals surface area contributed by atoms with Crippen LogP contribution in [0.3, 0.4) is 0 Å². The third-order valence-electron chi connectivity index (χ3n) is 3.85. The second-order valence-electron chi connectivity index (χ2n) is 5.37. The number of hydrogen-bond acceptors (Lipinski definition) is 3. The molecule has 1 aromatic heterocycles. The zero-order valence-corrected chi connectivity index (χ0v) is 11.1. The Kier molecular flexibility index (Phi) is 2.96. The van der Waals surface area contributed by atoms with Crippen molar-refractivity contribution in [3.8, 4) is 0 Å². The Balaban J connectivity index is 1.74. The average Bonchev–Trinajstić information content (AvgIpc) is 2.71. The van der Waals surface area contributed by atoms with Crippen LogP contribution >= 0.6 is 11.3 Å². The van der Waals surface area contributed by atoms with Gasteiger partial charge in [-0.3, -0.25) is 4.79 Å². The summed E-state index contributed by atoms with van der Waals surface area (Å²) in [5.41, 5.74) is 7.09. The average molecular weight is 259 g/mol. The van der Waals surface area contributed by atoms with Gasteiger partial charge in [0.2, 0.25) is 0 Å². The van der Waals surface area contributed by atoms with E-state index < -0.39 is 0 Å². The summed E-state index contributed by atoms with van der Waals surface area (Å²) in [6.07, 6.45) is 4.25. The first-order valence-electron chi connectivity index (χ1n) is 6.42. The van der Waals surface area contributed by atoms with E-state index in [0.29, 0.717) is 12.8 Å². The van der Waals surface area contributed by atoms with Crippen molar-refractivity contribution < 1.29 is 4.79 Å². The van der Waals surface area contributed by atoms with Gasteiger partial charge in [0.15, 0.2) is 0 Å². The zero-order valence-electron chi connectivity index (χ0n) is 10.3. The summed E-state index contributed by atoms with van der Waals surface area (Å²) in [6, 6.07) is 8.26. The number of benzene rings is 1. The lowest BCUT2D eigenvalue weighted by molar-refractivity contribution is -0.120. The fourth-order valence-corrected chi connectivity index (χ4v) is 3.61. The molecule has 0 unspecified atom stereocenters. The molecule has 2 N–H and O–H groups in total. The molecule has 1 saturated carbocycles. The van der Waals surface area contributed by atoms with Crippen LogP contribution in [-0.2, 0) is 11.2 Å².